The molecule has 0 aliphatic carbocycles. The van der Waals surface area contributed by atoms with Gasteiger partial charge in [-0.2, -0.15) is 0 Å². The largest absolute Gasteiger partial charge is 0.348 e. The summed E-state index contributed by atoms with van der Waals surface area (Å²) in [6.45, 7) is 0.259. The Bertz CT molecular complexity index is 1080. The van der Waals surface area contributed by atoms with Crippen LogP contribution in [0.2, 0.25) is 0 Å². The number of halogens is 1. The van der Waals surface area contributed by atoms with Crippen molar-refractivity contribution in [2.75, 3.05) is 10.6 Å². The van der Waals surface area contributed by atoms with E-state index in [2.05, 4.69) is 5.32 Å². The van der Waals surface area contributed by atoms with E-state index in [0.29, 0.717) is 17.8 Å². The molecule has 7 heteroatoms. The number of anilines is 1. The molecule has 3 rings (SSSR count). The van der Waals surface area contributed by atoms with Gasteiger partial charge in [0.1, 0.15) is 5.82 Å². The van der Waals surface area contributed by atoms with Crippen LogP contribution in [-0.2, 0) is 23.1 Å². The van der Waals surface area contributed by atoms with Gasteiger partial charge in [-0.05, 0) is 35.9 Å². The quantitative estimate of drug-likeness (QED) is 0.643. The Kier molecular flexibility index (Phi) is 6.29. The molecule has 150 valence electrons. The van der Waals surface area contributed by atoms with Crippen molar-refractivity contribution in [2.45, 2.75) is 13.1 Å². The highest BCUT2D eigenvalue weighted by Crippen LogP contribution is 2.22. The Morgan fingerprint density at radius 3 is 2.17 bits per heavy atom. The first kappa shape index (κ1) is 20.5. The molecule has 0 radical (unpaired) electrons. The average molecular weight is 412 g/mol. The van der Waals surface area contributed by atoms with Crippen molar-refractivity contribution in [1.29, 1.82) is 0 Å². The molecule has 0 unspecified atom stereocenters. The lowest BCUT2D eigenvalue weighted by Gasteiger charge is -2.23. The first-order valence-corrected chi connectivity index (χ1v) is 10.8. The summed E-state index contributed by atoms with van der Waals surface area (Å²) < 4.78 is 39.6. The summed E-state index contributed by atoms with van der Waals surface area (Å²) in [5.41, 5.74) is 2.01. The third-order valence-corrected chi connectivity index (χ3v) is 5.53. The van der Waals surface area contributed by atoms with Crippen molar-refractivity contribution in [2.24, 2.45) is 0 Å². The Morgan fingerprint density at radius 2 is 1.55 bits per heavy atom. The molecular formula is C22H21FN2O3S. The van der Waals surface area contributed by atoms with E-state index in [1.54, 1.807) is 42.5 Å². The Balaban J connectivity index is 1.75. The number of benzene rings is 3. The van der Waals surface area contributed by atoms with Crippen molar-refractivity contribution < 1.29 is 17.6 Å². The lowest BCUT2D eigenvalue weighted by Crippen LogP contribution is -2.30. The minimum atomic E-state index is -3.65. The molecule has 0 bridgehead atoms. The minimum Gasteiger partial charge on any atom is -0.348 e. The van der Waals surface area contributed by atoms with Gasteiger partial charge in [0, 0.05) is 17.7 Å². The van der Waals surface area contributed by atoms with E-state index in [9.17, 15) is 17.6 Å². The number of hydrogen-bond acceptors (Lipinski definition) is 3. The maximum absolute atomic E-state index is 14.0. The lowest BCUT2D eigenvalue weighted by molar-refractivity contribution is 0.0951. The molecule has 0 spiro atoms. The molecule has 0 fully saturated rings. The van der Waals surface area contributed by atoms with Crippen molar-refractivity contribution in [3.05, 3.63) is 101 Å². The van der Waals surface area contributed by atoms with Crippen LogP contribution < -0.4 is 9.62 Å². The first-order chi connectivity index (χ1) is 13.8. The van der Waals surface area contributed by atoms with E-state index in [1.165, 1.54) is 6.07 Å². The van der Waals surface area contributed by atoms with Gasteiger partial charge in [0.2, 0.25) is 10.0 Å². The van der Waals surface area contributed by atoms with Gasteiger partial charge in [-0.1, -0.05) is 48.5 Å². The molecule has 0 aromatic heterocycles. The predicted molar refractivity (Wildman–Crippen MR) is 111 cm³/mol. The van der Waals surface area contributed by atoms with E-state index in [4.69, 9.17) is 0 Å². The molecule has 29 heavy (non-hydrogen) atoms. The lowest BCUT2D eigenvalue weighted by atomic mass is 10.1. The SMILES string of the molecule is CS(=O)(=O)N(Cc1ccccc1F)c1ccc(C(=O)NCc2ccccc2)cc1. The van der Waals surface area contributed by atoms with Gasteiger partial charge in [0.05, 0.1) is 18.5 Å². The second kappa shape index (κ2) is 8.87. The Labute approximate surface area is 169 Å². The molecule has 3 aromatic carbocycles. The minimum absolute atomic E-state index is 0.134. The van der Waals surface area contributed by atoms with Crippen molar-refractivity contribution >= 4 is 21.6 Å². The highest BCUT2D eigenvalue weighted by Gasteiger charge is 2.19. The molecule has 0 aliphatic rings. The fourth-order valence-electron chi connectivity index (χ4n) is 2.84. The second-order valence-electron chi connectivity index (χ2n) is 6.58. The summed E-state index contributed by atoms with van der Waals surface area (Å²) in [7, 11) is -3.65. The second-order valence-corrected chi connectivity index (χ2v) is 8.48. The summed E-state index contributed by atoms with van der Waals surface area (Å²) in [5.74, 6) is -0.738. The summed E-state index contributed by atoms with van der Waals surface area (Å²) in [6.07, 6.45) is 1.06. The van der Waals surface area contributed by atoms with Gasteiger partial charge in [0.25, 0.3) is 5.91 Å². The van der Waals surface area contributed by atoms with E-state index < -0.39 is 15.8 Å². The van der Waals surface area contributed by atoms with Gasteiger partial charge in [0.15, 0.2) is 0 Å². The number of carbonyl (C=O) groups is 1. The van der Waals surface area contributed by atoms with Gasteiger partial charge < -0.3 is 5.32 Å². The molecule has 1 amide bonds. The van der Waals surface area contributed by atoms with Crippen LogP contribution in [0.3, 0.4) is 0 Å². The summed E-state index contributed by atoms with van der Waals surface area (Å²) in [5, 5.41) is 2.82. The van der Waals surface area contributed by atoms with Crippen LogP contribution in [0.25, 0.3) is 0 Å². The van der Waals surface area contributed by atoms with Crippen molar-refractivity contribution in [3.8, 4) is 0 Å². The molecule has 0 aliphatic heterocycles. The van der Waals surface area contributed by atoms with Gasteiger partial charge in [-0.25, -0.2) is 12.8 Å². The molecule has 3 aromatic rings. The normalized spacial score (nSPS) is 11.1. The molecule has 0 saturated heterocycles. The maximum atomic E-state index is 14.0. The molecule has 0 heterocycles. The number of nitrogens with one attached hydrogen (secondary N) is 1. The van der Waals surface area contributed by atoms with Crippen LogP contribution in [0, 0.1) is 5.82 Å². The summed E-state index contributed by atoms with van der Waals surface area (Å²) in [6, 6.07) is 21.7. The third kappa shape index (κ3) is 5.42. The summed E-state index contributed by atoms with van der Waals surface area (Å²) in [4.78, 5) is 12.3. The van der Waals surface area contributed by atoms with Gasteiger partial charge in [-0.15, -0.1) is 0 Å². The zero-order valence-corrected chi connectivity index (χ0v) is 16.7. The zero-order chi connectivity index (χ0) is 20.9. The Hall–Kier alpha value is -3.19. The highest BCUT2D eigenvalue weighted by atomic mass is 32.2. The summed E-state index contributed by atoms with van der Waals surface area (Å²) >= 11 is 0. The van der Waals surface area contributed by atoms with Crippen LogP contribution in [0.1, 0.15) is 21.5 Å². The Morgan fingerprint density at radius 1 is 0.931 bits per heavy atom. The number of nitrogens with zero attached hydrogens (tertiary/aromatic N) is 1. The fraction of sp³-hybridized carbons (Fsp3) is 0.136. The van der Waals surface area contributed by atoms with E-state index in [1.807, 2.05) is 30.3 Å². The number of carbonyl (C=O) groups excluding carboxylic acids is 1. The standard InChI is InChI=1S/C22H21FN2O3S/c1-29(27,28)25(16-19-9-5-6-10-21(19)23)20-13-11-18(12-14-20)22(26)24-15-17-7-3-2-4-8-17/h2-14H,15-16H2,1H3,(H,24,26). The first-order valence-electron chi connectivity index (χ1n) is 8.98. The van der Waals surface area contributed by atoms with Crippen LogP contribution in [0.5, 0.6) is 0 Å². The van der Waals surface area contributed by atoms with Gasteiger partial charge in [-0.3, -0.25) is 9.10 Å². The maximum Gasteiger partial charge on any atom is 0.251 e. The van der Waals surface area contributed by atoms with E-state index in [0.717, 1.165) is 16.1 Å². The number of amides is 1. The van der Waals surface area contributed by atoms with Crippen LogP contribution in [0.4, 0.5) is 10.1 Å². The molecule has 0 atom stereocenters. The third-order valence-electron chi connectivity index (χ3n) is 4.39. The van der Waals surface area contributed by atoms with Crippen LogP contribution in [0.15, 0.2) is 78.9 Å². The van der Waals surface area contributed by atoms with Crippen molar-refractivity contribution in [3.63, 3.8) is 0 Å². The number of rotatable bonds is 7. The van der Waals surface area contributed by atoms with Crippen LogP contribution in [-0.4, -0.2) is 20.6 Å². The molecule has 5 nitrogen and oxygen atoms in total. The van der Waals surface area contributed by atoms with Crippen molar-refractivity contribution in [1.82, 2.24) is 5.32 Å². The predicted octanol–water partition coefficient (Wildman–Crippen LogP) is 3.72. The molecule has 1 N–H and O–H groups in total. The molecular weight excluding hydrogens is 391 g/mol. The average Bonchev–Trinajstić information content (AvgIpc) is 2.71. The van der Waals surface area contributed by atoms with Gasteiger partial charge >= 0.3 is 0 Å². The van der Waals surface area contributed by atoms with E-state index >= 15 is 0 Å². The highest BCUT2D eigenvalue weighted by molar-refractivity contribution is 7.92. The smallest absolute Gasteiger partial charge is 0.251 e. The van der Waals surface area contributed by atoms with E-state index in [-0.39, 0.29) is 18.0 Å². The van der Waals surface area contributed by atoms with Crippen LogP contribution >= 0.6 is 0 Å². The monoisotopic (exact) mass is 412 g/mol. The fourth-order valence-corrected chi connectivity index (χ4v) is 3.72. The molecule has 0 saturated carbocycles. The number of sulfonamides is 1. The zero-order valence-electron chi connectivity index (χ0n) is 15.9. The topological polar surface area (TPSA) is 66.5 Å². The number of hydrogen-bond donors (Lipinski definition) is 1.